The molecule has 1 aromatic heterocycles. The van der Waals surface area contributed by atoms with E-state index in [9.17, 15) is 14.9 Å². The van der Waals surface area contributed by atoms with Crippen LogP contribution in [0.2, 0.25) is 0 Å². The molecular formula is C14H8BrN3O3S. The second-order valence-electron chi connectivity index (χ2n) is 4.06. The number of nitro benzene ring substituents is 1. The molecule has 1 N–H and O–H groups in total. The van der Waals surface area contributed by atoms with Crippen molar-refractivity contribution in [1.29, 1.82) is 5.26 Å². The number of anilines is 1. The van der Waals surface area contributed by atoms with E-state index in [1.54, 1.807) is 6.07 Å². The van der Waals surface area contributed by atoms with Crippen LogP contribution in [-0.4, -0.2) is 10.8 Å². The number of halogens is 1. The zero-order chi connectivity index (χ0) is 16.1. The molecule has 110 valence electrons. The monoisotopic (exact) mass is 377 g/mol. The van der Waals surface area contributed by atoms with Crippen LogP contribution in [0.1, 0.15) is 4.88 Å². The van der Waals surface area contributed by atoms with E-state index in [0.29, 0.717) is 10.2 Å². The van der Waals surface area contributed by atoms with Crippen LogP contribution in [-0.2, 0) is 4.79 Å². The number of benzene rings is 1. The van der Waals surface area contributed by atoms with Crippen molar-refractivity contribution in [3.63, 3.8) is 0 Å². The third-order valence-electron chi connectivity index (χ3n) is 2.61. The molecule has 0 bridgehead atoms. The van der Waals surface area contributed by atoms with Gasteiger partial charge in [0.05, 0.1) is 10.6 Å². The first-order valence-corrected chi connectivity index (χ1v) is 7.59. The molecule has 0 fully saturated rings. The molecule has 0 saturated carbocycles. The van der Waals surface area contributed by atoms with Gasteiger partial charge in [-0.1, -0.05) is 6.07 Å². The van der Waals surface area contributed by atoms with Gasteiger partial charge in [0.2, 0.25) is 0 Å². The van der Waals surface area contributed by atoms with Crippen molar-refractivity contribution < 1.29 is 9.72 Å². The predicted octanol–water partition coefficient (Wildman–Crippen LogP) is 3.96. The standard InChI is InChI=1S/C14H8BrN3O3S/c15-12-7-10(18(20)21)3-4-13(12)17-14(19)9(8-16)6-11-2-1-5-22-11/h1-7H,(H,17,19). The van der Waals surface area contributed by atoms with E-state index in [1.165, 1.54) is 35.6 Å². The highest BCUT2D eigenvalue weighted by Gasteiger charge is 2.14. The third kappa shape index (κ3) is 3.78. The maximum absolute atomic E-state index is 12.1. The largest absolute Gasteiger partial charge is 0.320 e. The summed E-state index contributed by atoms with van der Waals surface area (Å²) in [6, 6.07) is 9.40. The topological polar surface area (TPSA) is 96.0 Å². The van der Waals surface area contributed by atoms with E-state index in [1.807, 2.05) is 17.5 Å². The van der Waals surface area contributed by atoms with Crippen molar-refractivity contribution in [2.75, 3.05) is 5.32 Å². The molecule has 1 amide bonds. The molecule has 6 nitrogen and oxygen atoms in total. The highest BCUT2D eigenvalue weighted by molar-refractivity contribution is 9.10. The highest BCUT2D eigenvalue weighted by atomic mass is 79.9. The van der Waals surface area contributed by atoms with Gasteiger partial charge in [0, 0.05) is 21.5 Å². The molecule has 8 heteroatoms. The number of non-ortho nitro benzene ring substituents is 1. The van der Waals surface area contributed by atoms with Crippen molar-refractivity contribution in [2.24, 2.45) is 0 Å². The lowest BCUT2D eigenvalue weighted by Crippen LogP contribution is -2.13. The maximum atomic E-state index is 12.1. The molecule has 0 radical (unpaired) electrons. The Morgan fingerprint density at radius 2 is 2.23 bits per heavy atom. The molecule has 0 saturated heterocycles. The highest BCUT2D eigenvalue weighted by Crippen LogP contribution is 2.27. The lowest BCUT2D eigenvalue weighted by Gasteiger charge is -2.06. The van der Waals surface area contributed by atoms with Gasteiger partial charge in [-0.2, -0.15) is 5.26 Å². The molecule has 0 aliphatic rings. The average molecular weight is 378 g/mol. The Balaban J connectivity index is 2.21. The summed E-state index contributed by atoms with van der Waals surface area (Å²) in [7, 11) is 0. The molecule has 0 aliphatic carbocycles. The van der Waals surface area contributed by atoms with Crippen molar-refractivity contribution in [3.05, 3.63) is 60.7 Å². The molecule has 0 unspecified atom stereocenters. The second-order valence-corrected chi connectivity index (χ2v) is 5.89. The lowest BCUT2D eigenvalue weighted by molar-refractivity contribution is -0.384. The molecular weight excluding hydrogens is 370 g/mol. The van der Waals surface area contributed by atoms with Crippen LogP contribution in [0.5, 0.6) is 0 Å². The Morgan fingerprint density at radius 3 is 2.77 bits per heavy atom. The van der Waals surface area contributed by atoms with Gasteiger partial charge in [-0.3, -0.25) is 14.9 Å². The van der Waals surface area contributed by atoms with Gasteiger partial charge in [-0.15, -0.1) is 11.3 Å². The van der Waals surface area contributed by atoms with E-state index >= 15 is 0 Å². The molecule has 2 aromatic rings. The van der Waals surface area contributed by atoms with Crippen LogP contribution in [0.15, 0.2) is 45.8 Å². The minimum Gasteiger partial charge on any atom is -0.320 e. The number of carbonyl (C=O) groups excluding carboxylic acids is 1. The van der Waals surface area contributed by atoms with Crippen molar-refractivity contribution in [1.82, 2.24) is 0 Å². The van der Waals surface area contributed by atoms with Gasteiger partial charge in [-0.25, -0.2) is 0 Å². The fourth-order valence-electron chi connectivity index (χ4n) is 1.57. The fraction of sp³-hybridized carbons (Fsp3) is 0. The van der Waals surface area contributed by atoms with Gasteiger partial charge >= 0.3 is 0 Å². The molecule has 0 aliphatic heterocycles. The number of rotatable bonds is 4. The Hall–Kier alpha value is -2.50. The van der Waals surface area contributed by atoms with Crippen LogP contribution < -0.4 is 5.32 Å². The number of nitriles is 1. The first-order chi connectivity index (χ1) is 10.5. The summed E-state index contributed by atoms with van der Waals surface area (Å²) in [5.41, 5.74) is 0.204. The molecule has 1 aromatic carbocycles. The number of hydrogen-bond donors (Lipinski definition) is 1. The lowest BCUT2D eigenvalue weighted by atomic mass is 10.2. The Labute approximate surface area is 138 Å². The Bertz CT molecular complexity index is 794. The Kier molecular flexibility index (Phi) is 5.04. The van der Waals surface area contributed by atoms with E-state index in [0.717, 1.165) is 4.88 Å². The summed E-state index contributed by atoms with van der Waals surface area (Å²) < 4.78 is 0.364. The van der Waals surface area contributed by atoms with Crippen LogP contribution in [0.3, 0.4) is 0 Å². The molecule has 0 atom stereocenters. The van der Waals surface area contributed by atoms with Gasteiger partial charge in [0.15, 0.2) is 0 Å². The number of amides is 1. The summed E-state index contributed by atoms with van der Waals surface area (Å²) in [5, 5.41) is 24.1. The number of hydrogen-bond acceptors (Lipinski definition) is 5. The summed E-state index contributed by atoms with van der Waals surface area (Å²) in [6.07, 6.45) is 1.49. The van der Waals surface area contributed by atoms with Crippen molar-refractivity contribution in [3.8, 4) is 6.07 Å². The number of nitrogens with one attached hydrogen (secondary N) is 1. The summed E-state index contributed by atoms with van der Waals surface area (Å²) in [6.45, 7) is 0. The van der Waals surface area contributed by atoms with Crippen LogP contribution in [0.25, 0.3) is 6.08 Å². The zero-order valence-electron chi connectivity index (χ0n) is 10.9. The van der Waals surface area contributed by atoms with Crippen molar-refractivity contribution in [2.45, 2.75) is 0 Å². The minimum absolute atomic E-state index is 0.0484. The zero-order valence-corrected chi connectivity index (χ0v) is 13.3. The van der Waals surface area contributed by atoms with E-state index in [2.05, 4.69) is 21.2 Å². The minimum atomic E-state index is -0.578. The van der Waals surface area contributed by atoms with Gasteiger partial charge in [-0.05, 0) is 39.5 Å². The maximum Gasteiger partial charge on any atom is 0.270 e. The number of carbonyl (C=O) groups is 1. The SMILES string of the molecule is N#CC(=Cc1cccs1)C(=O)Nc1ccc([N+](=O)[O-])cc1Br. The van der Waals surface area contributed by atoms with Gasteiger partial charge < -0.3 is 5.32 Å². The average Bonchev–Trinajstić information content (AvgIpc) is 2.99. The number of thiophene rings is 1. The fourth-order valence-corrected chi connectivity index (χ4v) is 2.70. The first-order valence-electron chi connectivity index (χ1n) is 5.92. The van der Waals surface area contributed by atoms with E-state index in [4.69, 9.17) is 5.26 Å². The van der Waals surface area contributed by atoms with Gasteiger partial charge in [0.1, 0.15) is 11.6 Å². The summed E-state index contributed by atoms with van der Waals surface area (Å²) >= 11 is 4.56. The van der Waals surface area contributed by atoms with Crippen molar-refractivity contribution >= 4 is 50.6 Å². The smallest absolute Gasteiger partial charge is 0.270 e. The number of nitrogens with zero attached hydrogens (tertiary/aromatic N) is 2. The molecule has 0 spiro atoms. The van der Waals surface area contributed by atoms with Gasteiger partial charge in [0.25, 0.3) is 11.6 Å². The molecule has 22 heavy (non-hydrogen) atoms. The molecule has 2 rings (SSSR count). The van der Waals surface area contributed by atoms with Crippen LogP contribution in [0, 0.1) is 21.4 Å². The van der Waals surface area contributed by atoms with Crippen LogP contribution in [0.4, 0.5) is 11.4 Å². The van der Waals surface area contributed by atoms with E-state index in [-0.39, 0.29) is 11.3 Å². The van der Waals surface area contributed by atoms with E-state index < -0.39 is 10.8 Å². The molecule has 1 heterocycles. The first kappa shape index (κ1) is 15.9. The van der Waals surface area contributed by atoms with Crippen LogP contribution >= 0.6 is 27.3 Å². The third-order valence-corrected chi connectivity index (χ3v) is 4.08. The summed E-state index contributed by atoms with van der Waals surface area (Å²) in [5.74, 6) is -0.578. The summed E-state index contributed by atoms with van der Waals surface area (Å²) in [4.78, 5) is 23.0. The Morgan fingerprint density at radius 1 is 1.45 bits per heavy atom. The number of nitro groups is 1. The predicted molar refractivity (Wildman–Crippen MR) is 87.3 cm³/mol. The quantitative estimate of drug-likeness (QED) is 0.377. The second kappa shape index (κ2) is 6.98. The normalized spacial score (nSPS) is 10.8.